The first-order valence-electron chi connectivity index (χ1n) is 6.82. The number of aliphatic hydroxyl groups is 1. The molecule has 0 fully saturated rings. The van der Waals surface area contributed by atoms with Gasteiger partial charge in [-0.25, -0.2) is 4.79 Å². The number of halogens is 1. The van der Waals surface area contributed by atoms with Crippen LogP contribution in [0.3, 0.4) is 0 Å². The van der Waals surface area contributed by atoms with Gasteiger partial charge in [0.15, 0.2) is 0 Å². The van der Waals surface area contributed by atoms with Crippen LogP contribution in [0.25, 0.3) is 0 Å². The van der Waals surface area contributed by atoms with Gasteiger partial charge in [-0.2, -0.15) is 0 Å². The Labute approximate surface area is 134 Å². The SMILES string of the molecule is C[C@H](NC(=O)OC(C)(C)C)C(=O)Nc1ccc(CO)cc1Cl. The Balaban J connectivity index is 2.63. The summed E-state index contributed by atoms with van der Waals surface area (Å²) in [7, 11) is 0. The highest BCUT2D eigenvalue weighted by atomic mass is 35.5. The zero-order chi connectivity index (χ0) is 16.9. The molecule has 0 heterocycles. The first-order valence-corrected chi connectivity index (χ1v) is 7.20. The summed E-state index contributed by atoms with van der Waals surface area (Å²) in [5, 5.41) is 14.4. The Kier molecular flexibility index (Phi) is 6.20. The lowest BCUT2D eigenvalue weighted by Gasteiger charge is -2.21. The van der Waals surface area contributed by atoms with Gasteiger partial charge in [-0.1, -0.05) is 17.7 Å². The number of carbonyl (C=O) groups excluding carboxylic acids is 2. The summed E-state index contributed by atoms with van der Waals surface area (Å²) in [5.41, 5.74) is 0.411. The van der Waals surface area contributed by atoms with Crippen LogP contribution in [-0.4, -0.2) is 28.7 Å². The van der Waals surface area contributed by atoms with Gasteiger partial charge >= 0.3 is 6.09 Å². The highest BCUT2D eigenvalue weighted by molar-refractivity contribution is 6.33. The van der Waals surface area contributed by atoms with Crippen molar-refractivity contribution in [3.05, 3.63) is 28.8 Å². The van der Waals surface area contributed by atoms with Crippen LogP contribution in [0.4, 0.5) is 10.5 Å². The second-order valence-electron chi connectivity index (χ2n) is 5.83. The van der Waals surface area contributed by atoms with E-state index in [1.165, 1.54) is 6.92 Å². The third kappa shape index (κ3) is 5.91. The van der Waals surface area contributed by atoms with Crippen molar-refractivity contribution < 1.29 is 19.4 Å². The van der Waals surface area contributed by atoms with Crippen LogP contribution in [0.1, 0.15) is 33.3 Å². The van der Waals surface area contributed by atoms with E-state index < -0.39 is 23.6 Å². The largest absolute Gasteiger partial charge is 0.444 e. The summed E-state index contributed by atoms with van der Waals surface area (Å²) >= 11 is 6.01. The van der Waals surface area contributed by atoms with Gasteiger partial charge in [0.2, 0.25) is 5.91 Å². The fourth-order valence-electron chi connectivity index (χ4n) is 1.55. The van der Waals surface area contributed by atoms with Crippen molar-refractivity contribution in [2.75, 3.05) is 5.32 Å². The monoisotopic (exact) mass is 328 g/mol. The minimum Gasteiger partial charge on any atom is -0.444 e. The highest BCUT2D eigenvalue weighted by Crippen LogP contribution is 2.23. The van der Waals surface area contributed by atoms with Gasteiger partial charge in [0.05, 0.1) is 17.3 Å². The first kappa shape index (κ1) is 18.3. The molecule has 0 aliphatic carbocycles. The Morgan fingerprint density at radius 3 is 2.50 bits per heavy atom. The molecule has 0 unspecified atom stereocenters. The quantitative estimate of drug-likeness (QED) is 0.793. The van der Waals surface area contributed by atoms with Gasteiger partial charge < -0.3 is 20.5 Å². The molecule has 122 valence electrons. The number of amides is 2. The molecular weight excluding hydrogens is 308 g/mol. The van der Waals surface area contributed by atoms with E-state index in [1.807, 2.05) is 0 Å². The zero-order valence-electron chi connectivity index (χ0n) is 13.1. The number of hydrogen-bond donors (Lipinski definition) is 3. The molecule has 0 bridgehead atoms. The van der Waals surface area contributed by atoms with E-state index in [0.29, 0.717) is 16.3 Å². The van der Waals surface area contributed by atoms with E-state index in [1.54, 1.807) is 39.0 Å². The predicted molar refractivity (Wildman–Crippen MR) is 84.8 cm³/mol. The smallest absolute Gasteiger partial charge is 0.408 e. The minimum atomic E-state index is -0.788. The van der Waals surface area contributed by atoms with Crippen molar-refractivity contribution in [1.29, 1.82) is 0 Å². The molecule has 0 aromatic heterocycles. The molecule has 0 radical (unpaired) electrons. The van der Waals surface area contributed by atoms with Crippen LogP contribution in [0.5, 0.6) is 0 Å². The van der Waals surface area contributed by atoms with Crippen molar-refractivity contribution in [1.82, 2.24) is 5.32 Å². The standard InChI is InChI=1S/C15H21ClN2O4/c1-9(17-14(21)22-15(2,3)4)13(20)18-12-6-5-10(8-19)7-11(12)16/h5-7,9,19H,8H2,1-4H3,(H,17,21)(H,18,20)/t9-/m0/s1. The minimum absolute atomic E-state index is 0.134. The maximum Gasteiger partial charge on any atom is 0.408 e. The number of ether oxygens (including phenoxy) is 1. The molecule has 3 N–H and O–H groups in total. The van der Waals surface area contributed by atoms with Gasteiger partial charge in [-0.05, 0) is 45.4 Å². The van der Waals surface area contributed by atoms with Crippen LogP contribution < -0.4 is 10.6 Å². The van der Waals surface area contributed by atoms with E-state index >= 15 is 0 Å². The van der Waals surface area contributed by atoms with Crippen LogP contribution in [0.2, 0.25) is 5.02 Å². The van der Waals surface area contributed by atoms with Crippen LogP contribution in [-0.2, 0) is 16.1 Å². The van der Waals surface area contributed by atoms with Crippen molar-refractivity contribution >= 4 is 29.3 Å². The van der Waals surface area contributed by atoms with Crippen LogP contribution >= 0.6 is 11.6 Å². The fourth-order valence-corrected chi connectivity index (χ4v) is 1.80. The maximum atomic E-state index is 12.0. The number of aliphatic hydroxyl groups excluding tert-OH is 1. The van der Waals surface area contributed by atoms with Crippen LogP contribution in [0.15, 0.2) is 18.2 Å². The number of benzene rings is 1. The number of alkyl carbamates (subject to hydrolysis) is 1. The van der Waals surface area contributed by atoms with Gasteiger partial charge in [0.1, 0.15) is 11.6 Å². The summed E-state index contributed by atoms with van der Waals surface area (Å²) in [6, 6.07) is 4.01. The van der Waals surface area contributed by atoms with Gasteiger partial charge in [-0.3, -0.25) is 4.79 Å². The van der Waals surface area contributed by atoms with Gasteiger partial charge in [0.25, 0.3) is 0 Å². The maximum absolute atomic E-state index is 12.0. The third-order valence-corrected chi connectivity index (χ3v) is 2.91. The summed E-state index contributed by atoms with van der Waals surface area (Å²) < 4.78 is 5.08. The Morgan fingerprint density at radius 2 is 2.00 bits per heavy atom. The molecule has 1 aromatic carbocycles. The topological polar surface area (TPSA) is 87.7 Å². The Bertz CT molecular complexity index is 555. The molecule has 2 amide bonds. The van der Waals surface area contributed by atoms with Gasteiger partial charge in [0, 0.05) is 0 Å². The molecule has 0 spiro atoms. The van der Waals surface area contributed by atoms with E-state index in [4.69, 9.17) is 21.4 Å². The van der Waals surface area contributed by atoms with Crippen molar-refractivity contribution in [3.63, 3.8) is 0 Å². The predicted octanol–water partition coefficient (Wildman–Crippen LogP) is 2.68. The third-order valence-electron chi connectivity index (χ3n) is 2.60. The van der Waals surface area contributed by atoms with E-state index in [9.17, 15) is 9.59 Å². The second kappa shape index (κ2) is 7.47. The molecule has 0 aliphatic heterocycles. The molecule has 1 rings (SSSR count). The Hall–Kier alpha value is -1.79. The molecule has 0 saturated heterocycles. The normalized spacial score (nSPS) is 12.5. The lowest BCUT2D eigenvalue weighted by atomic mass is 10.2. The van der Waals surface area contributed by atoms with E-state index in [2.05, 4.69) is 10.6 Å². The fraction of sp³-hybridized carbons (Fsp3) is 0.467. The van der Waals surface area contributed by atoms with E-state index in [-0.39, 0.29) is 6.61 Å². The van der Waals surface area contributed by atoms with Crippen molar-refractivity contribution in [2.24, 2.45) is 0 Å². The number of rotatable bonds is 4. The zero-order valence-corrected chi connectivity index (χ0v) is 13.8. The molecule has 0 saturated carbocycles. The molecule has 0 aliphatic rings. The second-order valence-corrected chi connectivity index (χ2v) is 6.24. The highest BCUT2D eigenvalue weighted by Gasteiger charge is 2.21. The summed E-state index contributed by atoms with van der Waals surface area (Å²) in [6.07, 6.45) is -0.670. The average molecular weight is 329 g/mol. The summed E-state index contributed by atoms with van der Waals surface area (Å²) in [5.74, 6) is -0.426. The van der Waals surface area contributed by atoms with E-state index in [0.717, 1.165) is 0 Å². The average Bonchev–Trinajstić information content (AvgIpc) is 2.38. The number of carbonyl (C=O) groups is 2. The lowest BCUT2D eigenvalue weighted by molar-refractivity contribution is -0.117. The number of nitrogens with one attached hydrogen (secondary N) is 2. The molecule has 22 heavy (non-hydrogen) atoms. The van der Waals surface area contributed by atoms with Crippen molar-refractivity contribution in [2.45, 2.75) is 45.9 Å². The molecule has 6 nitrogen and oxygen atoms in total. The summed E-state index contributed by atoms with van der Waals surface area (Å²) in [4.78, 5) is 23.6. The number of anilines is 1. The Morgan fingerprint density at radius 1 is 1.36 bits per heavy atom. The first-order chi connectivity index (χ1) is 10.1. The molecule has 7 heteroatoms. The van der Waals surface area contributed by atoms with Crippen LogP contribution in [0, 0.1) is 0 Å². The molecule has 1 atom stereocenters. The molecular formula is C15H21ClN2O4. The number of hydrogen-bond acceptors (Lipinski definition) is 4. The lowest BCUT2D eigenvalue weighted by Crippen LogP contribution is -2.44. The summed E-state index contributed by atoms with van der Waals surface area (Å²) in [6.45, 7) is 6.61. The van der Waals surface area contributed by atoms with Crippen molar-refractivity contribution in [3.8, 4) is 0 Å². The van der Waals surface area contributed by atoms with Gasteiger partial charge in [-0.15, -0.1) is 0 Å². The molecule has 1 aromatic rings.